The molecule has 0 spiro atoms. The van der Waals surface area contributed by atoms with Crippen LogP contribution >= 0.6 is 0 Å². The summed E-state index contributed by atoms with van der Waals surface area (Å²) in [6.07, 6.45) is 10.1. The monoisotopic (exact) mass is 438 g/mol. The van der Waals surface area contributed by atoms with Crippen LogP contribution in [0, 0.1) is 0 Å². The van der Waals surface area contributed by atoms with Crippen molar-refractivity contribution in [3.8, 4) is 0 Å². The standard InChI is InChI=1S/C24H42N2O3S/c1-4-5-9-18-25(2)19-10-11-20-29-24-16-14-23(15-17-24)26(3)30(27,28)21-22-12-7-6-8-13-22/h6-8,12-13,23-24H,4-5,9-11,14-21H2,1-3H3. The summed E-state index contributed by atoms with van der Waals surface area (Å²) in [5.41, 5.74) is 0.845. The van der Waals surface area contributed by atoms with E-state index < -0.39 is 10.0 Å². The predicted octanol–water partition coefficient (Wildman–Crippen LogP) is 4.68. The molecule has 1 fully saturated rings. The first-order valence-electron chi connectivity index (χ1n) is 11.7. The zero-order valence-electron chi connectivity index (χ0n) is 19.3. The lowest BCUT2D eigenvalue weighted by Gasteiger charge is -2.34. The molecule has 0 heterocycles. The fourth-order valence-electron chi connectivity index (χ4n) is 4.17. The Morgan fingerprint density at radius 2 is 1.57 bits per heavy atom. The van der Waals surface area contributed by atoms with Gasteiger partial charge in [-0.25, -0.2) is 12.7 Å². The van der Waals surface area contributed by atoms with Gasteiger partial charge in [-0.3, -0.25) is 0 Å². The highest BCUT2D eigenvalue weighted by atomic mass is 32.2. The molecule has 6 heteroatoms. The molecule has 0 N–H and O–H groups in total. The molecule has 1 aromatic carbocycles. The van der Waals surface area contributed by atoms with Gasteiger partial charge in [0.1, 0.15) is 0 Å². The Morgan fingerprint density at radius 3 is 2.20 bits per heavy atom. The van der Waals surface area contributed by atoms with Crippen molar-refractivity contribution in [2.24, 2.45) is 0 Å². The SMILES string of the molecule is CCCCCN(C)CCCCOC1CCC(N(C)S(=O)(=O)Cc2ccccc2)CC1. The van der Waals surface area contributed by atoms with E-state index in [2.05, 4.69) is 18.9 Å². The predicted molar refractivity (Wildman–Crippen MR) is 125 cm³/mol. The average molecular weight is 439 g/mol. The first-order chi connectivity index (χ1) is 14.4. The minimum Gasteiger partial charge on any atom is -0.378 e. The summed E-state index contributed by atoms with van der Waals surface area (Å²) in [6.45, 7) is 5.40. The van der Waals surface area contributed by atoms with Crippen LogP contribution in [0.15, 0.2) is 30.3 Å². The van der Waals surface area contributed by atoms with Gasteiger partial charge in [0.05, 0.1) is 11.9 Å². The van der Waals surface area contributed by atoms with E-state index in [1.54, 1.807) is 11.4 Å². The van der Waals surface area contributed by atoms with Gasteiger partial charge < -0.3 is 9.64 Å². The van der Waals surface area contributed by atoms with Gasteiger partial charge in [0.15, 0.2) is 0 Å². The van der Waals surface area contributed by atoms with Gasteiger partial charge >= 0.3 is 0 Å². The summed E-state index contributed by atoms with van der Waals surface area (Å²) < 4.78 is 33.2. The first-order valence-corrected chi connectivity index (χ1v) is 13.3. The largest absolute Gasteiger partial charge is 0.378 e. The fraction of sp³-hybridized carbons (Fsp3) is 0.750. The molecule has 0 aliphatic heterocycles. The van der Waals surface area contributed by atoms with Gasteiger partial charge in [0, 0.05) is 19.7 Å². The van der Waals surface area contributed by atoms with Crippen LogP contribution in [0.25, 0.3) is 0 Å². The Bertz CT molecular complexity index is 673. The van der Waals surface area contributed by atoms with Crippen molar-refractivity contribution in [3.63, 3.8) is 0 Å². The molecule has 1 saturated carbocycles. The Morgan fingerprint density at radius 1 is 0.933 bits per heavy atom. The van der Waals surface area contributed by atoms with Crippen molar-refractivity contribution >= 4 is 10.0 Å². The van der Waals surface area contributed by atoms with Crippen molar-refractivity contribution in [1.29, 1.82) is 0 Å². The van der Waals surface area contributed by atoms with Gasteiger partial charge in [0.2, 0.25) is 10.0 Å². The molecule has 1 aliphatic carbocycles. The summed E-state index contributed by atoms with van der Waals surface area (Å²) >= 11 is 0. The van der Waals surface area contributed by atoms with Gasteiger partial charge in [0.25, 0.3) is 0 Å². The van der Waals surface area contributed by atoms with Gasteiger partial charge in [-0.15, -0.1) is 0 Å². The van der Waals surface area contributed by atoms with Gasteiger partial charge in [-0.05, 0) is 70.6 Å². The topological polar surface area (TPSA) is 49.9 Å². The Hall–Kier alpha value is -0.950. The van der Waals surface area contributed by atoms with Crippen LogP contribution in [0.1, 0.15) is 70.3 Å². The Balaban J connectivity index is 1.61. The third-order valence-electron chi connectivity index (χ3n) is 6.22. The fourth-order valence-corrected chi connectivity index (χ4v) is 5.65. The Kier molecular flexibility index (Phi) is 11.4. The Labute approximate surface area is 184 Å². The second kappa shape index (κ2) is 13.5. The molecule has 0 saturated heterocycles. The maximum atomic E-state index is 12.8. The van der Waals surface area contributed by atoms with Gasteiger partial charge in [-0.2, -0.15) is 0 Å². The smallest absolute Gasteiger partial charge is 0.218 e. The zero-order valence-corrected chi connectivity index (χ0v) is 20.1. The van der Waals surface area contributed by atoms with E-state index in [-0.39, 0.29) is 17.9 Å². The molecule has 172 valence electrons. The number of rotatable bonds is 14. The highest BCUT2D eigenvalue weighted by Crippen LogP contribution is 2.27. The molecule has 2 rings (SSSR count). The number of hydrogen-bond acceptors (Lipinski definition) is 4. The van der Waals surface area contributed by atoms with Crippen molar-refractivity contribution in [1.82, 2.24) is 9.21 Å². The van der Waals surface area contributed by atoms with Crippen LogP contribution in [0.3, 0.4) is 0 Å². The quantitative estimate of drug-likeness (QED) is 0.396. The molecule has 0 radical (unpaired) electrons. The lowest BCUT2D eigenvalue weighted by molar-refractivity contribution is 0.0152. The molecule has 1 aromatic rings. The number of ether oxygens (including phenoxy) is 1. The minimum atomic E-state index is -3.28. The van der Waals surface area contributed by atoms with E-state index in [1.165, 1.54) is 32.2 Å². The maximum absolute atomic E-state index is 12.8. The number of hydrogen-bond donors (Lipinski definition) is 0. The summed E-state index contributed by atoms with van der Waals surface area (Å²) in [6, 6.07) is 9.52. The van der Waals surface area contributed by atoms with E-state index in [9.17, 15) is 8.42 Å². The lowest BCUT2D eigenvalue weighted by Crippen LogP contribution is -2.41. The highest BCUT2D eigenvalue weighted by Gasteiger charge is 2.30. The lowest BCUT2D eigenvalue weighted by atomic mass is 9.93. The van der Waals surface area contributed by atoms with E-state index in [0.29, 0.717) is 0 Å². The second-order valence-electron chi connectivity index (χ2n) is 8.78. The van der Waals surface area contributed by atoms with Crippen LogP contribution in [-0.2, 0) is 20.5 Å². The van der Waals surface area contributed by atoms with Crippen LogP contribution < -0.4 is 0 Å². The molecule has 0 unspecified atom stereocenters. The summed E-state index contributed by atoms with van der Waals surface area (Å²) in [5.74, 6) is 0.0770. The molecule has 0 atom stereocenters. The maximum Gasteiger partial charge on any atom is 0.218 e. The first kappa shape index (κ1) is 25.3. The molecular formula is C24H42N2O3S. The van der Waals surface area contributed by atoms with Gasteiger partial charge in [-0.1, -0.05) is 50.1 Å². The van der Waals surface area contributed by atoms with Crippen LogP contribution in [0.4, 0.5) is 0 Å². The molecule has 1 aliphatic rings. The molecular weight excluding hydrogens is 396 g/mol. The third-order valence-corrected chi connectivity index (χ3v) is 8.09. The number of nitrogens with zero attached hydrogens (tertiary/aromatic N) is 2. The van der Waals surface area contributed by atoms with E-state index in [0.717, 1.165) is 50.8 Å². The van der Waals surface area contributed by atoms with E-state index >= 15 is 0 Å². The molecule has 5 nitrogen and oxygen atoms in total. The summed E-state index contributed by atoms with van der Waals surface area (Å²) in [5, 5.41) is 0. The average Bonchev–Trinajstić information content (AvgIpc) is 2.74. The van der Waals surface area contributed by atoms with Crippen LogP contribution in [-0.4, -0.2) is 63.6 Å². The van der Waals surface area contributed by atoms with Crippen LogP contribution in [0.5, 0.6) is 0 Å². The summed E-state index contributed by atoms with van der Waals surface area (Å²) in [4.78, 5) is 2.42. The molecule has 0 amide bonds. The van der Waals surface area contributed by atoms with Crippen molar-refractivity contribution < 1.29 is 13.2 Å². The van der Waals surface area contributed by atoms with Crippen molar-refractivity contribution in [2.75, 3.05) is 33.8 Å². The minimum absolute atomic E-state index is 0.0770. The number of benzene rings is 1. The van der Waals surface area contributed by atoms with E-state index in [1.807, 2.05) is 30.3 Å². The third kappa shape index (κ3) is 9.04. The van der Waals surface area contributed by atoms with Crippen molar-refractivity contribution in [2.45, 2.75) is 82.6 Å². The van der Waals surface area contributed by atoms with E-state index in [4.69, 9.17) is 4.74 Å². The van der Waals surface area contributed by atoms with Crippen molar-refractivity contribution in [3.05, 3.63) is 35.9 Å². The number of sulfonamides is 1. The highest BCUT2D eigenvalue weighted by molar-refractivity contribution is 7.88. The normalized spacial score (nSPS) is 20.2. The zero-order chi connectivity index (χ0) is 21.8. The number of unbranched alkanes of at least 4 members (excludes halogenated alkanes) is 3. The molecule has 0 aromatic heterocycles. The summed E-state index contributed by atoms with van der Waals surface area (Å²) in [7, 11) is 0.662. The molecule has 30 heavy (non-hydrogen) atoms. The second-order valence-corrected chi connectivity index (χ2v) is 10.8. The van der Waals surface area contributed by atoms with Crippen LogP contribution in [0.2, 0.25) is 0 Å². The molecule has 0 bridgehead atoms.